The third-order valence-corrected chi connectivity index (χ3v) is 11.6. The van der Waals surface area contributed by atoms with E-state index in [-0.39, 0.29) is 23.6 Å². The minimum atomic E-state index is -0.190. The van der Waals surface area contributed by atoms with Gasteiger partial charge in [-0.2, -0.15) is 0 Å². The van der Waals surface area contributed by atoms with Crippen LogP contribution in [0.5, 0.6) is 0 Å². The number of cyclic esters (lactones) is 1. The molecule has 184 valence electrons. The highest BCUT2D eigenvalue weighted by Crippen LogP contribution is 2.67. The van der Waals surface area contributed by atoms with Crippen LogP contribution in [0.1, 0.15) is 99.3 Å². The molecule has 3 nitrogen and oxygen atoms in total. The number of ether oxygens (including phenoxy) is 1. The molecule has 0 saturated heterocycles. The average Bonchev–Trinajstić information content (AvgIpc) is 3.11. The molecule has 1 heterocycles. The summed E-state index contributed by atoms with van der Waals surface area (Å²) in [6.07, 6.45) is 12.5. The number of aliphatic hydroxyl groups excluding tert-OH is 1. The van der Waals surface area contributed by atoms with Gasteiger partial charge in [0.05, 0.1) is 6.10 Å². The molecule has 1 aliphatic heterocycles. The second-order valence-corrected chi connectivity index (χ2v) is 13.0. The summed E-state index contributed by atoms with van der Waals surface area (Å²) in [7, 11) is 0. The summed E-state index contributed by atoms with van der Waals surface area (Å²) in [4.78, 5) is 12.6. The van der Waals surface area contributed by atoms with Crippen molar-refractivity contribution in [3.8, 4) is 0 Å². The van der Waals surface area contributed by atoms with Gasteiger partial charge in [-0.15, -0.1) is 0 Å². The maximum absolute atomic E-state index is 12.6. The molecule has 0 aromatic rings. The average molecular weight is 455 g/mol. The van der Waals surface area contributed by atoms with E-state index in [4.69, 9.17) is 4.74 Å². The van der Waals surface area contributed by atoms with Gasteiger partial charge in [0.25, 0.3) is 0 Å². The van der Waals surface area contributed by atoms with Gasteiger partial charge in [0, 0.05) is 17.4 Å². The third kappa shape index (κ3) is 3.42. The van der Waals surface area contributed by atoms with Gasteiger partial charge >= 0.3 is 5.97 Å². The first kappa shape index (κ1) is 23.6. The Balaban J connectivity index is 1.38. The standard InChI is InChI=1S/C30H46O3/c1-7-21-18(3)16-26(33-28(21)32)19(4)23-10-11-24-22-9-8-20-14-17(2)15-27(31)30(20,6)25(22)12-13-29(23,24)5/h8,17,19,22-27,31H,7,9-16H2,1-6H3/t17?,19-,22?,23?,24?,25?,26?,27-,29+,30-/m0/s1. The van der Waals surface area contributed by atoms with Crippen molar-refractivity contribution < 1.29 is 14.6 Å². The smallest absolute Gasteiger partial charge is 0.334 e. The lowest BCUT2D eigenvalue weighted by atomic mass is 9.46. The van der Waals surface area contributed by atoms with Crippen LogP contribution in [0.25, 0.3) is 0 Å². The fourth-order valence-corrected chi connectivity index (χ4v) is 9.70. The topological polar surface area (TPSA) is 46.5 Å². The number of hydrogen-bond acceptors (Lipinski definition) is 3. The Morgan fingerprint density at radius 1 is 1.18 bits per heavy atom. The number of aliphatic hydroxyl groups is 1. The van der Waals surface area contributed by atoms with E-state index in [2.05, 4.69) is 47.6 Å². The van der Waals surface area contributed by atoms with E-state index in [1.165, 1.54) is 44.1 Å². The van der Waals surface area contributed by atoms with Crippen LogP contribution >= 0.6 is 0 Å². The molecular formula is C30H46O3. The molecular weight excluding hydrogens is 408 g/mol. The summed E-state index contributed by atoms with van der Waals surface area (Å²) in [5, 5.41) is 11.3. The highest BCUT2D eigenvalue weighted by molar-refractivity contribution is 5.90. The molecule has 0 aromatic heterocycles. The van der Waals surface area contributed by atoms with Gasteiger partial charge in [-0.05, 0) is 99.2 Å². The fraction of sp³-hybridized carbons (Fsp3) is 0.833. The van der Waals surface area contributed by atoms with Crippen molar-refractivity contribution in [1.29, 1.82) is 0 Å². The van der Waals surface area contributed by atoms with Gasteiger partial charge in [0.1, 0.15) is 6.10 Å². The summed E-state index contributed by atoms with van der Waals surface area (Å²) < 4.78 is 6.04. The number of rotatable bonds is 3. The SMILES string of the molecule is CCC1=C(C)CC([C@@H](C)C2CCC3C4CC=C5CC(C)C[C@H](O)[C@]5(C)C4CC[C@@]32C)OC1=O. The monoisotopic (exact) mass is 454 g/mol. The summed E-state index contributed by atoms with van der Waals surface area (Å²) in [6, 6.07) is 0. The Bertz CT molecular complexity index is 870. The Hall–Kier alpha value is -1.09. The van der Waals surface area contributed by atoms with E-state index >= 15 is 0 Å². The van der Waals surface area contributed by atoms with E-state index in [9.17, 15) is 9.90 Å². The number of allylic oxidation sites excluding steroid dienone is 1. The second-order valence-electron chi connectivity index (χ2n) is 13.0. The summed E-state index contributed by atoms with van der Waals surface area (Å²) >= 11 is 0. The molecule has 4 aliphatic carbocycles. The van der Waals surface area contributed by atoms with Crippen molar-refractivity contribution in [3.05, 3.63) is 22.8 Å². The molecule has 0 spiro atoms. The summed E-state index contributed by atoms with van der Waals surface area (Å²) in [6.45, 7) is 13.8. The van der Waals surface area contributed by atoms with Crippen LogP contribution in [0, 0.1) is 46.3 Å². The highest BCUT2D eigenvalue weighted by atomic mass is 16.5. The van der Waals surface area contributed by atoms with Gasteiger partial charge < -0.3 is 9.84 Å². The zero-order valence-corrected chi connectivity index (χ0v) is 21.8. The van der Waals surface area contributed by atoms with E-state index in [0.717, 1.165) is 30.8 Å². The Labute approximate surface area is 201 Å². The normalized spacial score (nSPS) is 48.4. The van der Waals surface area contributed by atoms with Crippen LogP contribution in [0.3, 0.4) is 0 Å². The first-order valence-electron chi connectivity index (χ1n) is 13.9. The maximum atomic E-state index is 12.6. The Morgan fingerprint density at radius 2 is 1.94 bits per heavy atom. The van der Waals surface area contributed by atoms with Crippen molar-refractivity contribution in [3.63, 3.8) is 0 Å². The van der Waals surface area contributed by atoms with Crippen molar-refractivity contribution in [2.45, 2.75) is 112 Å². The molecule has 5 aliphatic rings. The number of hydrogen-bond donors (Lipinski definition) is 1. The van der Waals surface area contributed by atoms with Crippen LogP contribution in [0.15, 0.2) is 22.8 Å². The molecule has 3 fully saturated rings. The molecule has 3 saturated carbocycles. The number of carbonyl (C=O) groups is 1. The van der Waals surface area contributed by atoms with E-state index < -0.39 is 0 Å². The van der Waals surface area contributed by atoms with Gasteiger partial charge in [-0.3, -0.25) is 0 Å². The lowest BCUT2D eigenvalue weighted by Crippen LogP contribution is -2.55. The third-order valence-electron chi connectivity index (χ3n) is 11.6. The first-order chi connectivity index (χ1) is 15.6. The first-order valence-corrected chi connectivity index (χ1v) is 13.9. The van der Waals surface area contributed by atoms with E-state index in [0.29, 0.717) is 35.0 Å². The van der Waals surface area contributed by atoms with Crippen LogP contribution in [-0.4, -0.2) is 23.3 Å². The zero-order chi connectivity index (χ0) is 23.7. The molecule has 6 unspecified atom stereocenters. The van der Waals surface area contributed by atoms with Gasteiger partial charge in [0.2, 0.25) is 0 Å². The predicted octanol–water partition coefficient (Wildman–Crippen LogP) is 6.85. The Morgan fingerprint density at radius 3 is 2.64 bits per heavy atom. The quantitative estimate of drug-likeness (QED) is 0.375. The molecule has 1 N–H and O–H groups in total. The fourth-order valence-electron chi connectivity index (χ4n) is 9.70. The largest absolute Gasteiger partial charge is 0.458 e. The molecule has 10 atom stereocenters. The summed E-state index contributed by atoms with van der Waals surface area (Å²) in [5.41, 5.74) is 4.01. The maximum Gasteiger partial charge on any atom is 0.334 e. The van der Waals surface area contributed by atoms with Crippen LogP contribution < -0.4 is 0 Å². The second kappa shape index (κ2) is 8.25. The highest BCUT2D eigenvalue weighted by Gasteiger charge is 2.61. The van der Waals surface area contributed by atoms with E-state index in [1.54, 1.807) is 5.57 Å². The molecule has 0 amide bonds. The Kier molecular flexibility index (Phi) is 5.91. The predicted molar refractivity (Wildman–Crippen MR) is 132 cm³/mol. The zero-order valence-electron chi connectivity index (χ0n) is 21.8. The molecule has 0 bridgehead atoms. The van der Waals surface area contributed by atoms with Crippen LogP contribution in [0.4, 0.5) is 0 Å². The molecule has 0 radical (unpaired) electrons. The van der Waals surface area contributed by atoms with Crippen molar-refractivity contribution >= 4 is 5.97 Å². The molecule has 0 aromatic carbocycles. The molecule has 33 heavy (non-hydrogen) atoms. The number of esters is 1. The van der Waals surface area contributed by atoms with Crippen LogP contribution in [-0.2, 0) is 9.53 Å². The number of fused-ring (bicyclic) bond motifs is 5. The lowest BCUT2D eigenvalue weighted by Gasteiger charge is -2.60. The van der Waals surface area contributed by atoms with Crippen molar-refractivity contribution in [1.82, 2.24) is 0 Å². The molecule has 3 heteroatoms. The minimum Gasteiger partial charge on any atom is -0.458 e. The van der Waals surface area contributed by atoms with Crippen molar-refractivity contribution in [2.75, 3.05) is 0 Å². The van der Waals surface area contributed by atoms with Gasteiger partial charge in [-0.1, -0.05) is 51.8 Å². The van der Waals surface area contributed by atoms with Crippen LogP contribution in [0.2, 0.25) is 0 Å². The lowest BCUT2D eigenvalue weighted by molar-refractivity contribution is -0.152. The number of carbonyl (C=O) groups excluding carboxylic acids is 1. The molecule has 5 rings (SSSR count). The summed E-state index contributed by atoms with van der Waals surface area (Å²) in [5.74, 6) is 3.60. The van der Waals surface area contributed by atoms with Crippen molar-refractivity contribution in [2.24, 2.45) is 46.3 Å². The van der Waals surface area contributed by atoms with Gasteiger partial charge in [-0.25, -0.2) is 4.79 Å². The van der Waals surface area contributed by atoms with E-state index in [1.807, 2.05) is 0 Å². The van der Waals surface area contributed by atoms with Gasteiger partial charge in [0.15, 0.2) is 0 Å². The minimum absolute atomic E-state index is 0.0161.